The van der Waals surface area contributed by atoms with Gasteiger partial charge in [-0.05, 0) is 25.5 Å². The Hall–Kier alpha value is -2.34. The van der Waals surface area contributed by atoms with Gasteiger partial charge in [-0.2, -0.15) is 5.10 Å². The molecule has 1 saturated heterocycles. The average molecular weight is 342 g/mol. The van der Waals surface area contributed by atoms with Crippen molar-refractivity contribution < 1.29 is 9.53 Å². The first-order valence-electron chi connectivity index (χ1n) is 8.63. The van der Waals surface area contributed by atoms with Gasteiger partial charge in [0, 0.05) is 37.8 Å². The Morgan fingerprint density at radius 2 is 2.24 bits per heavy atom. The van der Waals surface area contributed by atoms with Crippen LogP contribution in [0.2, 0.25) is 0 Å². The Morgan fingerprint density at radius 3 is 2.92 bits per heavy atom. The lowest BCUT2D eigenvalue weighted by molar-refractivity contribution is -0.125. The Morgan fingerprint density at radius 1 is 1.44 bits per heavy atom. The molecule has 25 heavy (non-hydrogen) atoms. The fraction of sp³-hybridized carbons (Fsp3) is 0.474. The van der Waals surface area contributed by atoms with Crippen LogP contribution >= 0.6 is 0 Å². The molecule has 0 saturated carbocycles. The van der Waals surface area contributed by atoms with Crippen molar-refractivity contribution in [1.82, 2.24) is 20.4 Å². The fourth-order valence-electron chi connectivity index (χ4n) is 3.53. The second-order valence-electron chi connectivity index (χ2n) is 6.79. The fourth-order valence-corrected chi connectivity index (χ4v) is 3.53. The topological polar surface area (TPSA) is 68.2 Å². The van der Waals surface area contributed by atoms with E-state index < -0.39 is 0 Å². The van der Waals surface area contributed by atoms with Crippen LogP contribution in [0.25, 0.3) is 0 Å². The number of aryl methyl sites for hydroxylation is 2. The molecule has 2 aromatic rings. The number of hydrogen-bond donors (Lipinski definition) is 2. The molecular weight excluding hydrogens is 316 g/mol. The lowest BCUT2D eigenvalue weighted by Gasteiger charge is -2.22. The number of rotatable bonds is 5. The summed E-state index contributed by atoms with van der Waals surface area (Å²) in [5.41, 5.74) is 3.25. The van der Waals surface area contributed by atoms with Crippen LogP contribution in [0.3, 0.4) is 0 Å². The number of carbonyl (C=O) groups is 1. The summed E-state index contributed by atoms with van der Waals surface area (Å²) in [6, 6.07) is 5.91. The number of benzene rings is 1. The van der Waals surface area contributed by atoms with Crippen LogP contribution in [0, 0.1) is 12.8 Å². The average Bonchev–Trinajstić information content (AvgIpc) is 3.23. The highest BCUT2D eigenvalue weighted by Crippen LogP contribution is 2.30. The summed E-state index contributed by atoms with van der Waals surface area (Å²) in [4.78, 5) is 12.9. The summed E-state index contributed by atoms with van der Waals surface area (Å²) in [5, 5.41) is 10.7. The van der Waals surface area contributed by atoms with Gasteiger partial charge < -0.3 is 15.4 Å². The van der Waals surface area contributed by atoms with Gasteiger partial charge in [-0.25, -0.2) is 0 Å². The second-order valence-corrected chi connectivity index (χ2v) is 6.79. The van der Waals surface area contributed by atoms with E-state index >= 15 is 0 Å². The summed E-state index contributed by atoms with van der Waals surface area (Å²) in [7, 11) is 3.55. The standard InChI is InChI=1S/C19H26N4O2/c1-12-5-6-18(25-4)15(7-12)13(2)22-19(24)17-10-20-9-16(17)14-8-21-23(3)11-14/h5-8,11,13,16-17,20H,9-10H2,1-4H3,(H,22,24)/t13?,16-,17+/m1/s1. The van der Waals surface area contributed by atoms with Crippen molar-refractivity contribution in [1.29, 1.82) is 0 Å². The van der Waals surface area contributed by atoms with Crippen molar-refractivity contribution in [2.45, 2.75) is 25.8 Å². The Kier molecular flexibility index (Phi) is 5.08. The van der Waals surface area contributed by atoms with Gasteiger partial charge in [-0.1, -0.05) is 17.7 Å². The molecule has 1 amide bonds. The molecule has 1 aliphatic heterocycles. The predicted molar refractivity (Wildman–Crippen MR) is 96.6 cm³/mol. The summed E-state index contributed by atoms with van der Waals surface area (Å²) in [5.74, 6) is 0.921. The van der Waals surface area contributed by atoms with E-state index in [1.165, 1.54) is 0 Å². The molecule has 0 bridgehead atoms. The number of carbonyl (C=O) groups excluding carboxylic acids is 1. The largest absolute Gasteiger partial charge is 0.496 e. The smallest absolute Gasteiger partial charge is 0.225 e. The van der Waals surface area contributed by atoms with Gasteiger partial charge in [0.2, 0.25) is 5.91 Å². The number of nitrogens with zero attached hydrogens (tertiary/aromatic N) is 2. The van der Waals surface area contributed by atoms with Crippen molar-refractivity contribution in [2.24, 2.45) is 13.0 Å². The summed E-state index contributed by atoms with van der Waals surface area (Å²) < 4.78 is 7.23. The number of methoxy groups -OCH3 is 1. The summed E-state index contributed by atoms with van der Waals surface area (Å²) in [6.07, 6.45) is 3.84. The highest BCUT2D eigenvalue weighted by Gasteiger charge is 2.35. The molecule has 1 aromatic carbocycles. The van der Waals surface area contributed by atoms with E-state index in [1.54, 1.807) is 11.8 Å². The van der Waals surface area contributed by atoms with Gasteiger partial charge in [0.1, 0.15) is 5.75 Å². The summed E-state index contributed by atoms with van der Waals surface area (Å²) in [6.45, 7) is 5.52. The predicted octanol–water partition coefficient (Wildman–Crippen LogP) is 1.92. The minimum atomic E-state index is -0.113. The number of amides is 1. The molecule has 0 spiro atoms. The van der Waals surface area contributed by atoms with Crippen LogP contribution in [-0.2, 0) is 11.8 Å². The van der Waals surface area contributed by atoms with Crippen molar-refractivity contribution in [3.8, 4) is 5.75 Å². The molecule has 0 aliphatic carbocycles. The number of nitrogens with one attached hydrogen (secondary N) is 2. The number of hydrogen-bond acceptors (Lipinski definition) is 4. The van der Waals surface area contributed by atoms with E-state index in [2.05, 4.69) is 21.8 Å². The van der Waals surface area contributed by atoms with E-state index in [0.29, 0.717) is 6.54 Å². The molecule has 2 heterocycles. The molecule has 1 aliphatic rings. The molecule has 1 aromatic heterocycles. The SMILES string of the molecule is COc1ccc(C)cc1C(C)NC(=O)[C@H]1CNC[C@@H]1c1cnn(C)c1. The van der Waals surface area contributed by atoms with Crippen molar-refractivity contribution in [3.05, 3.63) is 47.3 Å². The van der Waals surface area contributed by atoms with E-state index in [4.69, 9.17) is 4.74 Å². The van der Waals surface area contributed by atoms with Crippen molar-refractivity contribution in [2.75, 3.05) is 20.2 Å². The zero-order valence-electron chi connectivity index (χ0n) is 15.2. The highest BCUT2D eigenvalue weighted by molar-refractivity contribution is 5.81. The van der Waals surface area contributed by atoms with Crippen LogP contribution in [0.4, 0.5) is 0 Å². The van der Waals surface area contributed by atoms with Crippen LogP contribution in [-0.4, -0.2) is 35.9 Å². The third-order valence-corrected chi connectivity index (χ3v) is 4.91. The van der Waals surface area contributed by atoms with Crippen LogP contribution in [0.15, 0.2) is 30.6 Å². The number of aromatic nitrogens is 2. The minimum absolute atomic E-state index is 0.0647. The van der Waals surface area contributed by atoms with Gasteiger partial charge in [0.25, 0.3) is 0 Å². The lowest BCUT2D eigenvalue weighted by Crippen LogP contribution is -2.36. The monoisotopic (exact) mass is 342 g/mol. The molecule has 1 fully saturated rings. The van der Waals surface area contributed by atoms with Gasteiger partial charge in [-0.3, -0.25) is 9.48 Å². The quantitative estimate of drug-likeness (QED) is 0.871. The van der Waals surface area contributed by atoms with Crippen LogP contribution < -0.4 is 15.4 Å². The van der Waals surface area contributed by atoms with Gasteiger partial charge in [0.15, 0.2) is 0 Å². The lowest BCUT2D eigenvalue weighted by atomic mass is 9.90. The maximum atomic E-state index is 12.9. The van der Waals surface area contributed by atoms with Crippen molar-refractivity contribution >= 4 is 5.91 Å². The Bertz CT molecular complexity index is 756. The van der Waals surface area contributed by atoms with E-state index in [-0.39, 0.29) is 23.8 Å². The van der Waals surface area contributed by atoms with E-state index in [9.17, 15) is 4.79 Å². The first-order valence-corrected chi connectivity index (χ1v) is 8.63. The zero-order chi connectivity index (χ0) is 18.0. The third-order valence-electron chi connectivity index (χ3n) is 4.91. The summed E-state index contributed by atoms with van der Waals surface area (Å²) >= 11 is 0. The van der Waals surface area contributed by atoms with Crippen molar-refractivity contribution in [3.63, 3.8) is 0 Å². The molecule has 3 atom stereocenters. The first kappa shape index (κ1) is 17.5. The number of ether oxygens (including phenoxy) is 1. The first-order chi connectivity index (χ1) is 12.0. The molecule has 6 heteroatoms. The van der Waals surface area contributed by atoms with Gasteiger partial charge in [0.05, 0.1) is 25.3 Å². The highest BCUT2D eigenvalue weighted by atomic mass is 16.5. The third kappa shape index (κ3) is 3.69. The van der Waals surface area contributed by atoms with Gasteiger partial charge >= 0.3 is 0 Å². The van der Waals surface area contributed by atoms with Crippen LogP contribution in [0.5, 0.6) is 5.75 Å². The Labute approximate surface area is 148 Å². The molecule has 2 N–H and O–H groups in total. The molecule has 1 unspecified atom stereocenters. The Balaban J connectivity index is 1.74. The molecule has 0 radical (unpaired) electrons. The zero-order valence-corrected chi connectivity index (χ0v) is 15.2. The second kappa shape index (κ2) is 7.27. The minimum Gasteiger partial charge on any atom is -0.496 e. The van der Waals surface area contributed by atoms with E-state index in [0.717, 1.165) is 29.0 Å². The maximum Gasteiger partial charge on any atom is 0.225 e. The van der Waals surface area contributed by atoms with Crippen LogP contribution in [0.1, 0.15) is 35.6 Å². The molecule has 6 nitrogen and oxygen atoms in total. The molecule has 3 rings (SSSR count). The molecular formula is C19H26N4O2. The normalized spacial score (nSPS) is 21.1. The van der Waals surface area contributed by atoms with E-state index in [1.807, 2.05) is 45.4 Å². The molecule has 134 valence electrons. The maximum absolute atomic E-state index is 12.9. The van der Waals surface area contributed by atoms with Gasteiger partial charge in [-0.15, -0.1) is 0 Å².